The Kier molecular flexibility index (Phi) is 5.17. The summed E-state index contributed by atoms with van der Waals surface area (Å²) in [5.74, 6) is 2.28. The molecule has 0 unspecified atom stereocenters. The summed E-state index contributed by atoms with van der Waals surface area (Å²) in [5, 5.41) is 3.05. The third kappa shape index (κ3) is 3.60. The van der Waals surface area contributed by atoms with E-state index in [0.717, 1.165) is 6.54 Å². The van der Waals surface area contributed by atoms with E-state index >= 15 is 0 Å². The third-order valence-corrected chi connectivity index (χ3v) is 2.95. The minimum absolute atomic E-state index is 0.447. The van der Waals surface area contributed by atoms with Gasteiger partial charge in [0.1, 0.15) is 0 Å². The van der Waals surface area contributed by atoms with Gasteiger partial charge in [-0.1, -0.05) is 12.1 Å². The first-order valence-corrected chi connectivity index (χ1v) is 7.20. The maximum absolute atomic E-state index is 5.82. The van der Waals surface area contributed by atoms with Crippen molar-refractivity contribution >= 4 is 21.9 Å². The van der Waals surface area contributed by atoms with Crippen LogP contribution < -0.4 is 14.8 Å². The summed E-state index contributed by atoms with van der Waals surface area (Å²) < 4.78 is 12.0. The van der Waals surface area contributed by atoms with Gasteiger partial charge in [-0.15, -0.1) is 0 Å². The Balaban J connectivity index is 2.27. The van der Waals surface area contributed by atoms with Gasteiger partial charge < -0.3 is 14.8 Å². The van der Waals surface area contributed by atoms with Gasteiger partial charge in [0, 0.05) is 6.54 Å². The highest BCUT2D eigenvalue weighted by Gasteiger charge is 2.10. The zero-order valence-corrected chi connectivity index (χ0v) is 13.0. The lowest BCUT2D eigenvalue weighted by Gasteiger charge is -2.12. The molecule has 5 nitrogen and oxygen atoms in total. The van der Waals surface area contributed by atoms with Crippen LogP contribution in [0.2, 0.25) is 0 Å². The van der Waals surface area contributed by atoms with Crippen LogP contribution in [-0.4, -0.2) is 23.1 Å². The monoisotopic (exact) mass is 337 g/mol. The molecule has 0 bridgehead atoms. The summed E-state index contributed by atoms with van der Waals surface area (Å²) in [6.45, 7) is 5.24. The minimum Gasteiger partial charge on any atom is -0.490 e. The number of nitrogens with zero attached hydrogens (tertiary/aromatic N) is 2. The van der Waals surface area contributed by atoms with Crippen molar-refractivity contribution in [2.24, 2.45) is 0 Å². The Morgan fingerprint density at radius 3 is 2.65 bits per heavy atom. The van der Waals surface area contributed by atoms with E-state index in [1.807, 2.05) is 38.1 Å². The van der Waals surface area contributed by atoms with Crippen molar-refractivity contribution < 1.29 is 9.47 Å². The first-order valence-electron chi connectivity index (χ1n) is 6.40. The fourth-order valence-electron chi connectivity index (χ4n) is 1.58. The third-order valence-electron chi connectivity index (χ3n) is 2.40. The zero-order valence-electron chi connectivity index (χ0n) is 11.4. The van der Waals surface area contributed by atoms with E-state index in [1.165, 1.54) is 0 Å². The first kappa shape index (κ1) is 14.6. The molecule has 0 spiro atoms. The molecule has 20 heavy (non-hydrogen) atoms. The summed E-state index contributed by atoms with van der Waals surface area (Å²) >= 11 is 3.38. The van der Waals surface area contributed by atoms with E-state index in [2.05, 4.69) is 31.2 Å². The molecule has 0 fully saturated rings. The van der Waals surface area contributed by atoms with Crippen LogP contribution in [0, 0.1) is 0 Å². The number of para-hydroxylation sites is 2. The smallest absolute Gasteiger partial charge is 0.238 e. The van der Waals surface area contributed by atoms with Gasteiger partial charge in [0.05, 0.1) is 17.3 Å². The summed E-state index contributed by atoms with van der Waals surface area (Å²) in [4.78, 5) is 8.46. The van der Waals surface area contributed by atoms with E-state index < -0.39 is 0 Å². The Morgan fingerprint density at radius 1 is 1.20 bits per heavy atom. The lowest BCUT2D eigenvalue weighted by Crippen LogP contribution is -2.03. The second kappa shape index (κ2) is 7.09. The van der Waals surface area contributed by atoms with Gasteiger partial charge in [0.15, 0.2) is 11.5 Å². The van der Waals surface area contributed by atoms with Gasteiger partial charge in [-0.3, -0.25) is 0 Å². The van der Waals surface area contributed by atoms with Crippen LogP contribution in [-0.2, 0) is 0 Å². The summed E-state index contributed by atoms with van der Waals surface area (Å²) in [5.41, 5.74) is 0. The lowest BCUT2D eigenvalue weighted by molar-refractivity contribution is 0.319. The van der Waals surface area contributed by atoms with Crippen molar-refractivity contribution in [2.45, 2.75) is 13.8 Å². The molecule has 0 aliphatic rings. The van der Waals surface area contributed by atoms with Crippen molar-refractivity contribution in [3.63, 3.8) is 0 Å². The van der Waals surface area contributed by atoms with Crippen LogP contribution >= 0.6 is 15.9 Å². The standard InChI is InChI=1S/C14H16BrN3O2/c1-3-16-14-17-9-10(15)13(18-14)20-12-8-6-5-7-11(12)19-4-2/h5-9H,3-4H2,1-2H3,(H,16,17,18). The fraction of sp³-hybridized carbons (Fsp3) is 0.286. The molecular formula is C14H16BrN3O2. The van der Waals surface area contributed by atoms with Gasteiger partial charge in [-0.05, 0) is 41.9 Å². The minimum atomic E-state index is 0.447. The number of hydrogen-bond acceptors (Lipinski definition) is 5. The molecule has 6 heteroatoms. The van der Waals surface area contributed by atoms with Gasteiger partial charge in [-0.25, -0.2) is 4.98 Å². The Labute approximate surface area is 126 Å². The highest BCUT2D eigenvalue weighted by Crippen LogP contribution is 2.33. The number of hydrogen-bond donors (Lipinski definition) is 1. The first-order chi connectivity index (χ1) is 9.74. The number of halogens is 1. The number of nitrogens with one attached hydrogen (secondary N) is 1. The highest BCUT2D eigenvalue weighted by molar-refractivity contribution is 9.10. The number of ether oxygens (including phenoxy) is 2. The predicted molar refractivity (Wildman–Crippen MR) is 81.6 cm³/mol. The predicted octanol–water partition coefficient (Wildman–Crippen LogP) is 3.86. The van der Waals surface area contributed by atoms with Crippen LogP contribution in [0.15, 0.2) is 34.9 Å². The molecular weight excluding hydrogens is 322 g/mol. The average Bonchev–Trinajstić information content (AvgIpc) is 2.45. The Bertz CT molecular complexity index is 578. The number of benzene rings is 1. The van der Waals surface area contributed by atoms with Gasteiger partial charge in [0.2, 0.25) is 11.8 Å². The van der Waals surface area contributed by atoms with Crippen molar-refractivity contribution in [1.82, 2.24) is 9.97 Å². The molecule has 0 amide bonds. The summed E-state index contributed by atoms with van der Waals surface area (Å²) in [6, 6.07) is 7.49. The Hall–Kier alpha value is -1.82. The molecule has 0 radical (unpaired) electrons. The van der Waals surface area contributed by atoms with Crippen molar-refractivity contribution in [2.75, 3.05) is 18.5 Å². The van der Waals surface area contributed by atoms with Gasteiger partial charge in [-0.2, -0.15) is 4.98 Å². The van der Waals surface area contributed by atoms with E-state index in [-0.39, 0.29) is 0 Å². The van der Waals surface area contributed by atoms with E-state index in [0.29, 0.717) is 34.4 Å². The molecule has 0 aliphatic heterocycles. The molecule has 1 aromatic heterocycles. The zero-order chi connectivity index (χ0) is 14.4. The van der Waals surface area contributed by atoms with E-state index in [1.54, 1.807) is 6.20 Å². The lowest BCUT2D eigenvalue weighted by atomic mass is 10.3. The van der Waals surface area contributed by atoms with Crippen molar-refractivity contribution in [1.29, 1.82) is 0 Å². The second-order valence-electron chi connectivity index (χ2n) is 3.86. The quantitative estimate of drug-likeness (QED) is 0.867. The van der Waals surface area contributed by atoms with Crippen LogP contribution in [0.4, 0.5) is 5.95 Å². The molecule has 0 saturated carbocycles. The van der Waals surface area contributed by atoms with Crippen LogP contribution in [0.3, 0.4) is 0 Å². The summed E-state index contributed by atoms with van der Waals surface area (Å²) in [6.07, 6.45) is 1.66. The molecule has 1 N–H and O–H groups in total. The van der Waals surface area contributed by atoms with Crippen molar-refractivity contribution in [3.8, 4) is 17.4 Å². The topological polar surface area (TPSA) is 56.3 Å². The molecule has 106 valence electrons. The van der Waals surface area contributed by atoms with Gasteiger partial charge in [0.25, 0.3) is 0 Å². The van der Waals surface area contributed by atoms with E-state index in [4.69, 9.17) is 9.47 Å². The number of anilines is 1. The average molecular weight is 338 g/mol. The van der Waals surface area contributed by atoms with Gasteiger partial charge >= 0.3 is 0 Å². The molecule has 1 aromatic carbocycles. The number of rotatable bonds is 6. The summed E-state index contributed by atoms with van der Waals surface area (Å²) in [7, 11) is 0. The maximum atomic E-state index is 5.82. The Morgan fingerprint density at radius 2 is 1.95 bits per heavy atom. The van der Waals surface area contributed by atoms with Crippen LogP contribution in [0.1, 0.15) is 13.8 Å². The number of aromatic nitrogens is 2. The largest absolute Gasteiger partial charge is 0.490 e. The molecule has 2 rings (SSSR count). The van der Waals surface area contributed by atoms with Crippen molar-refractivity contribution in [3.05, 3.63) is 34.9 Å². The molecule has 0 aliphatic carbocycles. The fourth-order valence-corrected chi connectivity index (χ4v) is 1.85. The second-order valence-corrected chi connectivity index (χ2v) is 4.71. The van der Waals surface area contributed by atoms with Crippen LogP contribution in [0.25, 0.3) is 0 Å². The maximum Gasteiger partial charge on any atom is 0.238 e. The van der Waals surface area contributed by atoms with Crippen LogP contribution in [0.5, 0.6) is 17.4 Å². The molecule has 2 aromatic rings. The molecule has 0 atom stereocenters. The molecule has 1 heterocycles. The highest BCUT2D eigenvalue weighted by atomic mass is 79.9. The molecule has 0 saturated heterocycles. The SMILES string of the molecule is CCNc1ncc(Br)c(Oc2ccccc2OCC)n1. The normalized spacial score (nSPS) is 10.2. The van der Waals surface area contributed by atoms with E-state index in [9.17, 15) is 0 Å².